The number of nitrogens with zero attached hydrogens (tertiary/aromatic N) is 3. The molecule has 2 aromatic rings. The minimum absolute atomic E-state index is 0.666. The van der Waals surface area contributed by atoms with Crippen LogP contribution in [0.15, 0.2) is 54.7 Å². The molecule has 1 saturated heterocycles. The molecule has 0 saturated carbocycles. The van der Waals surface area contributed by atoms with E-state index in [1.807, 2.05) is 18.3 Å². The summed E-state index contributed by atoms with van der Waals surface area (Å²) in [5, 5.41) is 0. The molecule has 1 fully saturated rings. The molecule has 0 N–H and O–H groups in total. The maximum absolute atomic E-state index is 5.53. The van der Waals surface area contributed by atoms with E-state index in [-0.39, 0.29) is 0 Å². The second-order valence-corrected chi connectivity index (χ2v) is 7.07. The molecule has 1 aromatic carbocycles. The second-order valence-electron chi connectivity index (χ2n) is 7.07. The fraction of sp³-hybridized carbons (Fsp3) is 0.409. The van der Waals surface area contributed by atoms with Gasteiger partial charge in [0.15, 0.2) is 0 Å². The standard InChI is InChI=1S/C22H27N3O/c1-26-21-7-3-2-6-20(21)18-9-11-19(12-10-18)24-14-16-25(17-15-24)22-8-4-5-13-23-22/h2-9,13,19H,10-12,14-17H2,1H3. The Hall–Kier alpha value is -2.33. The highest BCUT2D eigenvalue weighted by Crippen LogP contribution is 2.34. The Morgan fingerprint density at radius 1 is 1.00 bits per heavy atom. The van der Waals surface area contributed by atoms with Crippen LogP contribution in [0.3, 0.4) is 0 Å². The Kier molecular flexibility index (Phi) is 5.21. The first-order valence-electron chi connectivity index (χ1n) is 9.57. The van der Waals surface area contributed by atoms with Gasteiger partial charge in [-0.2, -0.15) is 0 Å². The monoisotopic (exact) mass is 349 g/mol. The van der Waals surface area contributed by atoms with Gasteiger partial charge < -0.3 is 9.64 Å². The number of benzene rings is 1. The Labute approximate surface area is 156 Å². The minimum atomic E-state index is 0.666. The molecule has 1 aliphatic carbocycles. The van der Waals surface area contributed by atoms with Crippen LogP contribution in [0.5, 0.6) is 5.75 Å². The van der Waals surface area contributed by atoms with E-state index in [1.54, 1.807) is 7.11 Å². The van der Waals surface area contributed by atoms with Crippen molar-refractivity contribution in [2.24, 2.45) is 0 Å². The molecule has 1 aliphatic heterocycles. The van der Waals surface area contributed by atoms with Crippen LogP contribution < -0.4 is 9.64 Å². The highest BCUT2D eigenvalue weighted by molar-refractivity contribution is 5.71. The molecule has 1 unspecified atom stereocenters. The maximum atomic E-state index is 5.53. The number of methoxy groups -OCH3 is 1. The van der Waals surface area contributed by atoms with Gasteiger partial charge in [-0.05, 0) is 43.0 Å². The fourth-order valence-corrected chi connectivity index (χ4v) is 4.16. The van der Waals surface area contributed by atoms with Crippen LogP contribution in [0.1, 0.15) is 24.8 Å². The minimum Gasteiger partial charge on any atom is -0.496 e. The summed E-state index contributed by atoms with van der Waals surface area (Å²) in [6, 6.07) is 15.2. The summed E-state index contributed by atoms with van der Waals surface area (Å²) < 4.78 is 5.53. The van der Waals surface area contributed by atoms with E-state index in [0.717, 1.165) is 50.6 Å². The van der Waals surface area contributed by atoms with Crippen molar-refractivity contribution in [2.75, 3.05) is 38.2 Å². The topological polar surface area (TPSA) is 28.6 Å². The molecule has 4 nitrogen and oxygen atoms in total. The van der Waals surface area contributed by atoms with Gasteiger partial charge in [-0.1, -0.05) is 30.3 Å². The van der Waals surface area contributed by atoms with Gasteiger partial charge in [0.05, 0.1) is 7.11 Å². The summed E-state index contributed by atoms with van der Waals surface area (Å²) in [5.74, 6) is 2.09. The zero-order chi connectivity index (χ0) is 17.8. The number of rotatable bonds is 4. The molecule has 0 bridgehead atoms. The predicted molar refractivity (Wildman–Crippen MR) is 107 cm³/mol. The molecule has 2 heterocycles. The second kappa shape index (κ2) is 7.92. The maximum Gasteiger partial charge on any atom is 0.128 e. The Balaban J connectivity index is 1.36. The first-order chi connectivity index (χ1) is 12.8. The summed E-state index contributed by atoms with van der Waals surface area (Å²) in [6.45, 7) is 4.38. The number of aromatic nitrogens is 1. The van der Waals surface area contributed by atoms with E-state index in [0.29, 0.717) is 6.04 Å². The summed E-state index contributed by atoms with van der Waals surface area (Å²) in [5.41, 5.74) is 2.69. The summed E-state index contributed by atoms with van der Waals surface area (Å²) in [7, 11) is 1.76. The molecule has 1 atom stereocenters. The quantitative estimate of drug-likeness (QED) is 0.838. The smallest absolute Gasteiger partial charge is 0.128 e. The Morgan fingerprint density at radius 3 is 2.50 bits per heavy atom. The van der Waals surface area contributed by atoms with Crippen LogP contribution in [0.4, 0.5) is 5.82 Å². The fourth-order valence-electron chi connectivity index (χ4n) is 4.16. The van der Waals surface area contributed by atoms with Crippen molar-refractivity contribution >= 4 is 11.4 Å². The molecule has 0 amide bonds. The zero-order valence-corrected chi connectivity index (χ0v) is 15.5. The van der Waals surface area contributed by atoms with Crippen LogP contribution >= 0.6 is 0 Å². The average Bonchev–Trinajstić information content (AvgIpc) is 2.74. The van der Waals surface area contributed by atoms with Gasteiger partial charge in [0.1, 0.15) is 11.6 Å². The normalized spacial score (nSPS) is 21.3. The van der Waals surface area contributed by atoms with E-state index < -0.39 is 0 Å². The third kappa shape index (κ3) is 3.61. The number of para-hydroxylation sites is 1. The number of allylic oxidation sites excluding steroid dienone is 1. The zero-order valence-electron chi connectivity index (χ0n) is 15.5. The van der Waals surface area contributed by atoms with Crippen LogP contribution in [-0.2, 0) is 0 Å². The predicted octanol–water partition coefficient (Wildman–Crippen LogP) is 3.85. The van der Waals surface area contributed by atoms with E-state index in [4.69, 9.17) is 4.74 Å². The van der Waals surface area contributed by atoms with E-state index in [2.05, 4.69) is 51.2 Å². The van der Waals surface area contributed by atoms with Crippen LogP contribution in [0, 0.1) is 0 Å². The van der Waals surface area contributed by atoms with Gasteiger partial charge in [-0.15, -0.1) is 0 Å². The summed E-state index contributed by atoms with van der Waals surface area (Å²) in [4.78, 5) is 9.55. The van der Waals surface area contributed by atoms with E-state index in [1.165, 1.54) is 17.6 Å². The number of anilines is 1. The van der Waals surface area contributed by atoms with Crippen LogP contribution in [-0.4, -0.2) is 49.2 Å². The van der Waals surface area contributed by atoms with Gasteiger partial charge in [-0.25, -0.2) is 4.98 Å². The van der Waals surface area contributed by atoms with E-state index in [9.17, 15) is 0 Å². The highest BCUT2D eigenvalue weighted by Gasteiger charge is 2.26. The van der Waals surface area contributed by atoms with Crippen molar-refractivity contribution in [3.63, 3.8) is 0 Å². The van der Waals surface area contributed by atoms with E-state index >= 15 is 0 Å². The molecule has 2 aliphatic rings. The lowest BCUT2D eigenvalue weighted by molar-refractivity contribution is 0.175. The van der Waals surface area contributed by atoms with Gasteiger partial charge in [0, 0.05) is 44.0 Å². The molecule has 0 spiro atoms. The number of pyridine rings is 1. The van der Waals surface area contributed by atoms with Gasteiger partial charge in [-0.3, -0.25) is 4.90 Å². The highest BCUT2D eigenvalue weighted by atomic mass is 16.5. The molecule has 26 heavy (non-hydrogen) atoms. The van der Waals surface area contributed by atoms with Gasteiger partial charge in [0.2, 0.25) is 0 Å². The van der Waals surface area contributed by atoms with Crippen LogP contribution in [0.25, 0.3) is 5.57 Å². The Bertz CT molecular complexity index is 751. The SMILES string of the molecule is COc1ccccc1C1=CCC(N2CCN(c3ccccn3)CC2)CC1. The van der Waals surface area contributed by atoms with Crippen molar-refractivity contribution in [2.45, 2.75) is 25.3 Å². The third-order valence-electron chi connectivity index (χ3n) is 5.64. The van der Waals surface area contributed by atoms with Crippen molar-refractivity contribution < 1.29 is 4.74 Å². The summed E-state index contributed by atoms with van der Waals surface area (Å²) >= 11 is 0. The lowest BCUT2D eigenvalue weighted by Crippen LogP contribution is -2.50. The largest absolute Gasteiger partial charge is 0.496 e. The van der Waals surface area contributed by atoms with Crippen molar-refractivity contribution in [3.8, 4) is 5.75 Å². The third-order valence-corrected chi connectivity index (χ3v) is 5.64. The first-order valence-corrected chi connectivity index (χ1v) is 9.57. The molecule has 1 aromatic heterocycles. The van der Waals surface area contributed by atoms with Crippen molar-refractivity contribution in [1.29, 1.82) is 0 Å². The number of ether oxygens (including phenoxy) is 1. The van der Waals surface area contributed by atoms with Gasteiger partial charge in [0.25, 0.3) is 0 Å². The van der Waals surface area contributed by atoms with Crippen molar-refractivity contribution in [3.05, 3.63) is 60.3 Å². The first kappa shape index (κ1) is 17.1. The summed E-state index contributed by atoms with van der Waals surface area (Å²) in [6.07, 6.45) is 7.81. The van der Waals surface area contributed by atoms with Gasteiger partial charge >= 0.3 is 0 Å². The molecule has 4 rings (SSSR count). The Morgan fingerprint density at radius 2 is 1.81 bits per heavy atom. The molecular weight excluding hydrogens is 322 g/mol. The number of piperazine rings is 1. The molecule has 0 radical (unpaired) electrons. The lowest BCUT2D eigenvalue weighted by atomic mass is 9.89. The number of hydrogen-bond donors (Lipinski definition) is 0. The molecular formula is C22H27N3O. The lowest BCUT2D eigenvalue weighted by Gasteiger charge is -2.40. The average molecular weight is 349 g/mol. The number of hydrogen-bond acceptors (Lipinski definition) is 4. The molecule has 4 heteroatoms. The van der Waals surface area contributed by atoms with Crippen LogP contribution in [0.2, 0.25) is 0 Å². The van der Waals surface area contributed by atoms with Crippen molar-refractivity contribution in [1.82, 2.24) is 9.88 Å². The molecule has 136 valence electrons.